The van der Waals surface area contributed by atoms with E-state index in [9.17, 15) is 9.59 Å². The van der Waals surface area contributed by atoms with Gasteiger partial charge >= 0.3 is 0 Å². The van der Waals surface area contributed by atoms with E-state index in [4.69, 9.17) is 16.8 Å². The van der Waals surface area contributed by atoms with Crippen molar-refractivity contribution in [3.05, 3.63) is 57.8 Å². The van der Waals surface area contributed by atoms with Crippen molar-refractivity contribution in [2.45, 2.75) is 32.1 Å². The zero-order valence-electron chi connectivity index (χ0n) is 16.8. The first-order chi connectivity index (χ1) is 15.1. The standard InChI is InChI=1S/C22H22ClN5O3/c23-14-10-11-18-17(13-14)22(30)28-21(25-18)16-8-5-4-7-15(16)20(26-28)24-12-6-2-1-3-9-19(29)27-31/h4-5,7-8,10-11,13,31H,1-3,6,9,12H2,(H,24,26)(H,27,29). The van der Waals surface area contributed by atoms with Gasteiger partial charge in [0.25, 0.3) is 5.56 Å². The number of fused-ring (bicyclic) bond motifs is 4. The maximum Gasteiger partial charge on any atom is 0.282 e. The molecular weight excluding hydrogens is 418 g/mol. The van der Waals surface area contributed by atoms with Crippen LogP contribution in [-0.4, -0.2) is 32.3 Å². The quantitative estimate of drug-likeness (QED) is 0.126. The number of hydroxylamine groups is 1. The summed E-state index contributed by atoms with van der Waals surface area (Å²) in [4.78, 5) is 28.8. The number of carbonyl (C=O) groups excluding carboxylic acids is 1. The van der Waals surface area contributed by atoms with Gasteiger partial charge in [-0.3, -0.25) is 14.8 Å². The second kappa shape index (κ2) is 9.28. The Morgan fingerprint density at radius 3 is 2.61 bits per heavy atom. The number of nitrogens with one attached hydrogen (secondary N) is 2. The van der Waals surface area contributed by atoms with Crippen LogP contribution in [0.1, 0.15) is 32.1 Å². The molecule has 9 heteroatoms. The summed E-state index contributed by atoms with van der Waals surface area (Å²) in [5.41, 5.74) is 2.46. The van der Waals surface area contributed by atoms with Crippen molar-refractivity contribution in [2.75, 3.05) is 11.9 Å². The van der Waals surface area contributed by atoms with Crippen LogP contribution >= 0.6 is 11.6 Å². The average Bonchev–Trinajstić information content (AvgIpc) is 2.79. The third-order valence-electron chi connectivity index (χ3n) is 5.18. The fraction of sp³-hybridized carbons (Fsp3) is 0.273. The van der Waals surface area contributed by atoms with Crippen molar-refractivity contribution in [3.63, 3.8) is 0 Å². The summed E-state index contributed by atoms with van der Waals surface area (Å²) >= 11 is 6.07. The molecule has 0 aliphatic rings. The monoisotopic (exact) mass is 439 g/mol. The third-order valence-corrected chi connectivity index (χ3v) is 5.41. The van der Waals surface area contributed by atoms with Crippen molar-refractivity contribution in [2.24, 2.45) is 0 Å². The molecule has 0 saturated carbocycles. The predicted octanol–water partition coefficient (Wildman–Crippen LogP) is 3.92. The van der Waals surface area contributed by atoms with E-state index >= 15 is 0 Å². The minimum absolute atomic E-state index is 0.265. The summed E-state index contributed by atoms with van der Waals surface area (Å²) in [5.74, 6) is 0.255. The lowest BCUT2D eigenvalue weighted by Crippen LogP contribution is -2.20. The Labute approximate surface area is 182 Å². The second-order valence-corrected chi connectivity index (χ2v) is 7.77. The Balaban J connectivity index is 1.59. The number of nitrogens with zero attached hydrogens (tertiary/aromatic N) is 3. The van der Waals surface area contributed by atoms with Crippen molar-refractivity contribution in [3.8, 4) is 0 Å². The van der Waals surface area contributed by atoms with Crippen molar-refractivity contribution < 1.29 is 10.0 Å². The minimum Gasteiger partial charge on any atom is -0.368 e. The van der Waals surface area contributed by atoms with Crippen LogP contribution < -0.4 is 16.4 Å². The molecule has 4 aromatic rings. The molecule has 31 heavy (non-hydrogen) atoms. The number of benzene rings is 2. The van der Waals surface area contributed by atoms with Gasteiger partial charge in [-0.25, -0.2) is 10.5 Å². The van der Waals surface area contributed by atoms with E-state index in [1.165, 1.54) is 4.52 Å². The van der Waals surface area contributed by atoms with E-state index in [0.717, 1.165) is 36.5 Å². The summed E-state index contributed by atoms with van der Waals surface area (Å²) in [5, 5.41) is 19.0. The lowest BCUT2D eigenvalue weighted by Gasteiger charge is -2.12. The summed E-state index contributed by atoms with van der Waals surface area (Å²) < 4.78 is 1.33. The molecule has 0 aliphatic carbocycles. The molecule has 0 aliphatic heterocycles. The number of unbranched alkanes of at least 4 members (excludes halogenated alkanes) is 3. The lowest BCUT2D eigenvalue weighted by molar-refractivity contribution is -0.129. The Kier molecular flexibility index (Phi) is 6.29. The van der Waals surface area contributed by atoms with Crippen molar-refractivity contribution in [1.82, 2.24) is 20.1 Å². The number of rotatable bonds is 8. The van der Waals surface area contributed by atoms with Crippen molar-refractivity contribution >= 4 is 50.6 Å². The maximum absolute atomic E-state index is 13.1. The molecule has 0 radical (unpaired) electrons. The largest absolute Gasteiger partial charge is 0.368 e. The fourth-order valence-corrected chi connectivity index (χ4v) is 3.78. The van der Waals surface area contributed by atoms with E-state index < -0.39 is 0 Å². The van der Waals surface area contributed by atoms with E-state index in [2.05, 4.69) is 15.4 Å². The summed E-state index contributed by atoms with van der Waals surface area (Å²) in [6, 6.07) is 12.8. The molecular formula is C22H22ClN5O3. The van der Waals surface area contributed by atoms with Crippen LogP contribution in [0.3, 0.4) is 0 Å². The van der Waals surface area contributed by atoms with Gasteiger partial charge < -0.3 is 5.32 Å². The van der Waals surface area contributed by atoms with E-state index in [0.29, 0.717) is 40.4 Å². The van der Waals surface area contributed by atoms with Gasteiger partial charge in [-0.15, -0.1) is 5.10 Å². The molecule has 160 valence electrons. The van der Waals surface area contributed by atoms with Gasteiger partial charge in [0.15, 0.2) is 11.5 Å². The number of anilines is 1. The normalized spacial score (nSPS) is 11.3. The van der Waals surface area contributed by atoms with E-state index in [1.54, 1.807) is 23.7 Å². The highest BCUT2D eigenvalue weighted by molar-refractivity contribution is 6.31. The second-order valence-electron chi connectivity index (χ2n) is 7.33. The van der Waals surface area contributed by atoms with Crippen LogP contribution in [-0.2, 0) is 4.79 Å². The molecule has 4 rings (SSSR count). The summed E-state index contributed by atoms with van der Waals surface area (Å²) in [6.45, 7) is 0.677. The van der Waals surface area contributed by atoms with Crippen LogP contribution in [0, 0.1) is 0 Å². The zero-order chi connectivity index (χ0) is 21.8. The molecule has 1 amide bonds. The van der Waals surface area contributed by atoms with Gasteiger partial charge in [0.05, 0.1) is 10.9 Å². The highest BCUT2D eigenvalue weighted by Crippen LogP contribution is 2.25. The van der Waals surface area contributed by atoms with Crippen LogP contribution in [0.25, 0.3) is 27.3 Å². The predicted molar refractivity (Wildman–Crippen MR) is 121 cm³/mol. The maximum atomic E-state index is 13.1. The number of carbonyl (C=O) groups is 1. The number of hydrogen-bond donors (Lipinski definition) is 3. The van der Waals surface area contributed by atoms with E-state index in [1.807, 2.05) is 24.3 Å². The molecule has 0 spiro atoms. The van der Waals surface area contributed by atoms with Crippen molar-refractivity contribution in [1.29, 1.82) is 0 Å². The molecule has 2 heterocycles. The molecule has 3 N–H and O–H groups in total. The number of aromatic nitrogens is 3. The lowest BCUT2D eigenvalue weighted by atomic mass is 10.1. The molecule has 8 nitrogen and oxygen atoms in total. The molecule has 0 bridgehead atoms. The fourth-order valence-electron chi connectivity index (χ4n) is 3.61. The number of amides is 1. The van der Waals surface area contributed by atoms with Crippen LogP contribution in [0.2, 0.25) is 5.02 Å². The first-order valence-corrected chi connectivity index (χ1v) is 10.5. The van der Waals surface area contributed by atoms with Gasteiger partial charge in [0, 0.05) is 28.8 Å². The molecule has 0 atom stereocenters. The van der Waals surface area contributed by atoms with E-state index in [-0.39, 0.29) is 11.5 Å². The summed E-state index contributed by atoms with van der Waals surface area (Å²) in [7, 11) is 0. The SMILES string of the molecule is O=C(CCCCCCNc1nn2c(=O)c3cc(Cl)ccc3nc2c2ccccc12)NO. The van der Waals surface area contributed by atoms with Crippen LogP contribution in [0.5, 0.6) is 0 Å². The molecule has 2 aromatic heterocycles. The Morgan fingerprint density at radius 1 is 1.03 bits per heavy atom. The van der Waals surface area contributed by atoms with Gasteiger partial charge in [0.1, 0.15) is 0 Å². The Bertz CT molecular complexity index is 1320. The smallest absolute Gasteiger partial charge is 0.282 e. The van der Waals surface area contributed by atoms with Gasteiger partial charge in [-0.05, 0) is 31.0 Å². The minimum atomic E-state index is -0.363. The topological polar surface area (TPSA) is 109 Å². The highest BCUT2D eigenvalue weighted by atomic mass is 35.5. The number of hydrogen-bond acceptors (Lipinski definition) is 6. The Hall–Kier alpha value is -3.23. The first-order valence-electron chi connectivity index (χ1n) is 10.2. The van der Waals surface area contributed by atoms with Gasteiger partial charge in [-0.2, -0.15) is 4.52 Å². The van der Waals surface area contributed by atoms with Crippen LogP contribution in [0.4, 0.5) is 5.82 Å². The van der Waals surface area contributed by atoms with Gasteiger partial charge in [-0.1, -0.05) is 48.7 Å². The third kappa shape index (κ3) is 4.45. The average molecular weight is 440 g/mol. The van der Waals surface area contributed by atoms with Crippen LogP contribution in [0.15, 0.2) is 47.3 Å². The number of halogens is 1. The molecule has 0 unspecified atom stereocenters. The molecule has 0 saturated heterocycles. The molecule has 2 aromatic carbocycles. The zero-order valence-corrected chi connectivity index (χ0v) is 17.5. The first kappa shape index (κ1) is 21.0. The highest BCUT2D eigenvalue weighted by Gasteiger charge is 2.13. The Morgan fingerprint density at radius 2 is 1.81 bits per heavy atom. The summed E-state index contributed by atoms with van der Waals surface area (Å²) in [6.07, 6.45) is 3.74. The molecule has 0 fully saturated rings. The van der Waals surface area contributed by atoms with Gasteiger partial charge in [0.2, 0.25) is 5.91 Å².